The number of benzene rings is 2. The van der Waals surface area contributed by atoms with Crippen molar-refractivity contribution in [1.82, 2.24) is 0 Å². The van der Waals surface area contributed by atoms with Crippen LogP contribution in [0.15, 0.2) is 36.4 Å². The van der Waals surface area contributed by atoms with Crippen molar-refractivity contribution in [3.63, 3.8) is 0 Å². The minimum atomic E-state index is -0.849. The maximum absolute atomic E-state index is 11.8. The van der Waals surface area contributed by atoms with Gasteiger partial charge in [0.1, 0.15) is 17.1 Å². The Labute approximate surface area is 133 Å². The second-order valence-electron chi connectivity index (χ2n) is 5.14. The van der Waals surface area contributed by atoms with Crippen molar-refractivity contribution < 1.29 is 24.5 Å². The van der Waals surface area contributed by atoms with Gasteiger partial charge in [-0.1, -0.05) is 17.7 Å². The fourth-order valence-corrected chi connectivity index (χ4v) is 2.04. The van der Waals surface area contributed by atoms with E-state index in [1.807, 2.05) is 26.0 Å². The summed E-state index contributed by atoms with van der Waals surface area (Å²) in [6.07, 6.45) is 0. The first-order valence-electron chi connectivity index (χ1n) is 6.93. The Balaban J connectivity index is 1.94. The fraction of sp³-hybridized carbons (Fsp3) is 0.176. The second kappa shape index (κ2) is 6.83. The number of hydrogen-bond donors (Lipinski definition) is 3. The summed E-state index contributed by atoms with van der Waals surface area (Å²) in [6, 6.07) is 9.04. The van der Waals surface area contributed by atoms with E-state index in [-0.39, 0.29) is 11.3 Å². The number of phenols is 2. The molecule has 0 aliphatic carbocycles. The first-order valence-corrected chi connectivity index (χ1v) is 6.93. The van der Waals surface area contributed by atoms with E-state index in [1.54, 1.807) is 6.07 Å². The van der Waals surface area contributed by atoms with Gasteiger partial charge in [0.25, 0.3) is 5.91 Å². The quantitative estimate of drug-likeness (QED) is 0.753. The van der Waals surface area contributed by atoms with Gasteiger partial charge in [0, 0.05) is 11.8 Å². The van der Waals surface area contributed by atoms with E-state index in [0.717, 1.165) is 17.2 Å². The Morgan fingerprint density at radius 1 is 1.09 bits per heavy atom. The van der Waals surface area contributed by atoms with Crippen molar-refractivity contribution in [2.24, 2.45) is 0 Å². The Morgan fingerprint density at radius 3 is 2.48 bits per heavy atom. The molecule has 0 fully saturated rings. The number of nitrogens with one attached hydrogen (secondary N) is 1. The van der Waals surface area contributed by atoms with Crippen molar-refractivity contribution in [3.8, 4) is 11.5 Å². The number of phenolic OH excluding ortho intramolecular Hbond substituents is 2. The highest BCUT2D eigenvalue weighted by atomic mass is 16.5. The topological polar surface area (TPSA) is 95.9 Å². The Morgan fingerprint density at radius 2 is 1.83 bits per heavy atom. The number of carbonyl (C=O) groups is 2. The van der Waals surface area contributed by atoms with E-state index in [4.69, 9.17) is 4.74 Å². The molecule has 1 amide bonds. The number of aromatic hydroxyl groups is 2. The van der Waals surface area contributed by atoms with Gasteiger partial charge in [-0.3, -0.25) is 4.79 Å². The van der Waals surface area contributed by atoms with Gasteiger partial charge in [-0.2, -0.15) is 0 Å². The van der Waals surface area contributed by atoms with E-state index < -0.39 is 24.2 Å². The zero-order chi connectivity index (χ0) is 17.0. The van der Waals surface area contributed by atoms with E-state index >= 15 is 0 Å². The van der Waals surface area contributed by atoms with Crippen LogP contribution in [-0.4, -0.2) is 28.7 Å². The number of esters is 1. The lowest BCUT2D eigenvalue weighted by Crippen LogP contribution is -2.21. The number of aryl methyl sites for hydroxylation is 2. The lowest BCUT2D eigenvalue weighted by Gasteiger charge is -2.10. The summed E-state index contributed by atoms with van der Waals surface area (Å²) in [4.78, 5) is 23.6. The highest BCUT2D eigenvalue weighted by molar-refractivity contribution is 5.97. The minimum absolute atomic E-state index is 0.123. The molecule has 0 unspecified atom stereocenters. The molecule has 3 N–H and O–H groups in total. The maximum atomic E-state index is 11.8. The molecule has 0 aliphatic heterocycles. The fourth-order valence-electron chi connectivity index (χ4n) is 2.04. The Hall–Kier alpha value is -3.02. The summed E-state index contributed by atoms with van der Waals surface area (Å²) < 4.78 is 4.85. The van der Waals surface area contributed by atoms with Crippen LogP contribution in [0.5, 0.6) is 11.5 Å². The van der Waals surface area contributed by atoms with Gasteiger partial charge in [-0.25, -0.2) is 4.79 Å². The number of ether oxygens (including phenoxy) is 1. The summed E-state index contributed by atoms with van der Waals surface area (Å²) in [5, 5.41) is 21.4. The molecular weight excluding hydrogens is 298 g/mol. The highest BCUT2D eigenvalue weighted by Gasteiger charge is 2.15. The van der Waals surface area contributed by atoms with Crippen LogP contribution in [0.2, 0.25) is 0 Å². The van der Waals surface area contributed by atoms with Crippen LogP contribution in [0.25, 0.3) is 0 Å². The highest BCUT2D eigenvalue weighted by Crippen LogP contribution is 2.23. The van der Waals surface area contributed by atoms with Crippen LogP contribution >= 0.6 is 0 Å². The molecule has 2 aromatic carbocycles. The molecule has 2 rings (SSSR count). The lowest BCUT2D eigenvalue weighted by molar-refractivity contribution is -0.119. The molecule has 6 heteroatoms. The molecule has 0 atom stereocenters. The summed E-state index contributed by atoms with van der Waals surface area (Å²) in [6.45, 7) is 3.33. The molecule has 0 saturated carbocycles. The molecule has 0 saturated heterocycles. The van der Waals surface area contributed by atoms with E-state index in [1.165, 1.54) is 12.1 Å². The summed E-state index contributed by atoms with van der Waals surface area (Å²) in [7, 11) is 0. The van der Waals surface area contributed by atoms with Crippen LogP contribution in [0.4, 0.5) is 5.69 Å². The van der Waals surface area contributed by atoms with E-state index in [2.05, 4.69) is 5.32 Å². The molecule has 23 heavy (non-hydrogen) atoms. The molecule has 0 aromatic heterocycles. The van der Waals surface area contributed by atoms with Gasteiger partial charge < -0.3 is 20.3 Å². The SMILES string of the molecule is Cc1ccc(NC(=O)COC(=O)c2ccc(O)cc2O)c(C)c1. The molecule has 6 nitrogen and oxygen atoms in total. The van der Waals surface area contributed by atoms with Crippen molar-refractivity contribution in [2.75, 3.05) is 11.9 Å². The number of hydrogen-bond acceptors (Lipinski definition) is 5. The minimum Gasteiger partial charge on any atom is -0.508 e. The monoisotopic (exact) mass is 315 g/mol. The molecular formula is C17H17NO5. The number of rotatable bonds is 4. The molecule has 0 aliphatic rings. The summed E-state index contributed by atoms with van der Waals surface area (Å²) in [5.41, 5.74) is 2.50. The van der Waals surface area contributed by atoms with Crippen LogP contribution in [0, 0.1) is 13.8 Å². The van der Waals surface area contributed by atoms with Crippen LogP contribution in [-0.2, 0) is 9.53 Å². The molecule has 0 spiro atoms. The smallest absolute Gasteiger partial charge is 0.342 e. The third-order valence-corrected chi connectivity index (χ3v) is 3.19. The average molecular weight is 315 g/mol. The maximum Gasteiger partial charge on any atom is 0.342 e. The summed E-state index contributed by atoms with van der Waals surface area (Å²) in [5.74, 6) is -1.92. The molecule has 0 radical (unpaired) electrons. The molecule has 120 valence electrons. The molecule has 2 aromatic rings. The third-order valence-electron chi connectivity index (χ3n) is 3.19. The van der Waals surface area contributed by atoms with Gasteiger partial charge in [-0.15, -0.1) is 0 Å². The van der Waals surface area contributed by atoms with E-state index in [9.17, 15) is 19.8 Å². The molecule has 0 heterocycles. The number of amides is 1. The largest absolute Gasteiger partial charge is 0.508 e. The Kier molecular flexibility index (Phi) is 4.85. The van der Waals surface area contributed by atoms with Gasteiger partial charge in [-0.05, 0) is 37.6 Å². The standard InChI is InChI=1S/C17H17NO5/c1-10-3-6-14(11(2)7-10)18-16(21)9-23-17(22)13-5-4-12(19)8-15(13)20/h3-8,19-20H,9H2,1-2H3,(H,18,21). The Bertz CT molecular complexity index is 755. The lowest BCUT2D eigenvalue weighted by atomic mass is 10.1. The van der Waals surface area contributed by atoms with Crippen molar-refractivity contribution in [1.29, 1.82) is 0 Å². The van der Waals surface area contributed by atoms with Gasteiger partial charge >= 0.3 is 5.97 Å². The van der Waals surface area contributed by atoms with Crippen LogP contribution in [0.1, 0.15) is 21.5 Å². The summed E-state index contributed by atoms with van der Waals surface area (Å²) >= 11 is 0. The van der Waals surface area contributed by atoms with Crippen LogP contribution < -0.4 is 5.32 Å². The van der Waals surface area contributed by atoms with Crippen molar-refractivity contribution in [3.05, 3.63) is 53.1 Å². The zero-order valence-electron chi connectivity index (χ0n) is 12.8. The first-order chi connectivity index (χ1) is 10.9. The van der Waals surface area contributed by atoms with Crippen molar-refractivity contribution in [2.45, 2.75) is 13.8 Å². The third kappa shape index (κ3) is 4.23. The van der Waals surface area contributed by atoms with Gasteiger partial charge in [0.05, 0.1) is 0 Å². The number of anilines is 1. The number of carbonyl (C=O) groups excluding carboxylic acids is 2. The zero-order valence-corrected chi connectivity index (χ0v) is 12.8. The second-order valence-corrected chi connectivity index (χ2v) is 5.14. The van der Waals surface area contributed by atoms with Crippen molar-refractivity contribution >= 4 is 17.6 Å². The first kappa shape index (κ1) is 16.4. The normalized spacial score (nSPS) is 10.2. The van der Waals surface area contributed by atoms with Crippen LogP contribution in [0.3, 0.4) is 0 Å². The van der Waals surface area contributed by atoms with Gasteiger partial charge in [0.15, 0.2) is 6.61 Å². The van der Waals surface area contributed by atoms with E-state index in [0.29, 0.717) is 5.69 Å². The molecule has 0 bridgehead atoms. The average Bonchev–Trinajstić information content (AvgIpc) is 2.48. The predicted octanol–water partition coefficient (Wildman–Crippen LogP) is 2.51. The predicted molar refractivity (Wildman–Crippen MR) is 84.6 cm³/mol. The van der Waals surface area contributed by atoms with Gasteiger partial charge in [0.2, 0.25) is 0 Å².